The summed E-state index contributed by atoms with van der Waals surface area (Å²) in [4.78, 5) is 0. The van der Waals surface area contributed by atoms with Crippen molar-refractivity contribution in [2.24, 2.45) is 17.6 Å². The van der Waals surface area contributed by atoms with Crippen molar-refractivity contribution < 1.29 is 9.47 Å². The maximum Gasteiger partial charge on any atom is 0.145 e. The molecular formula is C14H23ClN2O2. The molecule has 0 aliphatic carbocycles. The van der Waals surface area contributed by atoms with Crippen molar-refractivity contribution in [3.05, 3.63) is 17.2 Å². The summed E-state index contributed by atoms with van der Waals surface area (Å²) < 4.78 is 10.5. The van der Waals surface area contributed by atoms with Crippen molar-refractivity contribution in [3.8, 4) is 11.5 Å². The molecular weight excluding hydrogens is 264 g/mol. The zero-order valence-electron chi connectivity index (χ0n) is 12.0. The summed E-state index contributed by atoms with van der Waals surface area (Å²) in [7, 11) is 3.20. The number of nitrogens with two attached hydrogens (primary N) is 1. The number of hydrogen-bond donors (Lipinski definition) is 2. The number of benzene rings is 1. The summed E-state index contributed by atoms with van der Waals surface area (Å²) >= 11 is 6.12. The minimum atomic E-state index is 0.408. The van der Waals surface area contributed by atoms with Crippen LogP contribution in [0, 0.1) is 11.8 Å². The fourth-order valence-corrected chi connectivity index (χ4v) is 2.07. The molecule has 0 saturated carbocycles. The second-order valence-corrected chi connectivity index (χ2v) is 5.21. The van der Waals surface area contributed by atoms with E-state index < -0.39 is 0 Å². The van der Waals surface area contributed by atoms with E-state index in [2.05, 4.69) is 19.2 Å². The molecule has 1 rings (SSSR count). The molecule has 0 spiro atoms. The van der Waals surface area contributed by atoms with E-state index >= 15 is 0 Å². The van der Waals surface area contributed by atoms with Gasteiger partial charge in [0.15, 0.2) is 0 Å². The third-order valence-electron chi connectivity index (χ3n) is 3.27. The van der Waals surface area contributed by atoms with Crippen LogP contribution in [0.15, 0.2) is 12.1 Å². The van der Waals surface area contributed by atoms with Crippen LogP contribution in [-0.2, 0) is 0 Å². The minimum absolute atomic E-state index is 0.408. The van der Waals surface area contributed by atoms with Crippen molar-refractivity contribution in [1.29, 1.82) is 0 Å². The van der Waals surface area contributed by atoms with Crippen molar-refractivity contribution in [2.45, 2.75) is 13.8 Å². The second kappa shape index (κ2) is 7.46. The standard InChI is InChI=1S/C14H23ClN2O2/c1-9(2)10(7-16)8-17-12-5-11(15)13(18-3)6-14(12)19-4/h5-6,9-10,17H,7-8,16H2,1-4H3. The van der Waals surface area contributed by atoms with E-state index in [9.17, 15) is 0 Å². The van der Waals surface area contributed by atoms with Gasteiger partial charge in [0.2, 0.25) is 0 Å². The van der Waals surface area contributed by atoms with E-state index in [-0.39, 0.29) is 0 Å². The molecule has 1 unspecified atom stereocenters. The van der Waals surface area contributed by atoms with Crippen LogP contribution < -0.4 is 20.5 Å². The Hall–Kier alpha value is -1.13. The normalized spacial score (nSPS) is 12.4. The summed E-state index contributed by atoms with van der Waals surface area (Å²) in [5.74, 6) is 2.24. The fraction of sp³-hybridized carbons (Fsp3) is 0.571. The molecule has 0 amide bonds. The Morgan fingerprint density at radius 3 is 2.32 bits per heavy atom. The molecule has 108 valence electrons. The Kier molecular flexibility index (Phi) is 6.25. The van der Waals surface area contributed by atoms with E-state index in [1.165, 1.54) is 0 Å². The van der Waals surface area contributed by atoms with Crippen LogP contribution in [0.25, 0.3) is 0 Å². The Morgan fingerprint density at radius 2 is 1.84 bits per heavy atom. The number of methoxy groups -OCH3 is 2. The maximum absolute atomic E-state index is 6.12. The van der Waals surface area contributed by atoms with Gasteiger partial charge in [-0.2, -0.15) is 0 Å². The van der Waals surface area contributed by atoms with Gasteiger partial charge in [0, 0.05) is 12.6 Å². The van der Waals surface area contributed by atoms with Crippen LogP contribution in [0.1, 0.15) is 13.8 Å². The summed E-state index contributed by atoms with van der Waals surface area (Å²) in [5, 5.41) is 3.90. The third kappa shape index (κ3) is 4.18. The van der Waals surface area contributed by atoms with E-state index in [4.69, 9.17) is 26.8 Å². The number of rotatable bonds is 7. The molecule has 0 aliphatic heterocycles. The third-order valence-corrected chi connectivity index (χ3v) is 3.57. The molecule has 1 atom stereocenters. The van der Waals surface area contributed by atoms with E-state index in [0.717, 1.165) is 12.2 Å². The summed E-state index contributed by atoms with van der Waals surface area (Å²) in [6.45, 7) is 5.76. The van der Waals surface area contributed by atoms with Gasteiger partial charge in [-0.05, 0) is 24.4 Å². The summed E-state index contributed by atoms with van der Waals surface area (Å²) in [5.41, 5.74) is 6.62. The minimum Gasteiger partial charge on any atom is -0.495 e. The van der Waals surface area contributed by atoms with E-state index in [0.29, 0.717) is 34.9 Å². The molecule has 3 N–H and O–H groups in total. The lowest BCUT2D eigenvalue weighted by Crippen LogP contribution is -2.27. The largest absolute Gasteiger partial charge is 0.495 e. The molecule has 0 bridgehead atoms. The van der Waals surface area contributed by atoms with Gasteiger partial charge in [-0.3, -0.25) is 0 Å². The second-order valence-electron chi connectivity index (χ2n) is 4.81. The lowest BCUT2D eigenvalue weighted by Gasteiger charge is -2.21. The smallest absolute Gasteiger partial charge is 0.145 e. The molecule has 0 aromatic heterocycles. The molecule has 4 nitrogen and oxygen atoms in total. The predicted octanol–water partition coefficient (Wildman–Crippen LogP) is 3.00. The molecule has 0 aliphatic rings. The molecule has 1 aromatic carbocycles. The Labute approximate surface area is 120 Å². The number of halogens is 1. The van der Waals surface area contributed by atoms with Crippen molar-refractivity contribution in [3.63, 3.8) is 0 Å². The number of ether oxygens (including phenoxy) is 2. The first-order valence-corrected chi connectivity index (χ1v) is 6.76. The first-order chi connectivity index (χ1) is 9.03. The molecule has 5 heteroatoms. The van der Waals surface area contributed by atoms with Crippen molar-refractivity contribution in [1.82, 2.24) is 0 Å². The molecule has 1 aromatic rings. The highest BCUT2D eigenvalue weighted by molar-refractivity contribution is 6.32. The number of nitrogens with one attached hydrogen (secondary N) is 1. The van der Waals surface area contributed by atoms with Crippen LogP contribution in [-0.4, -0.2) is 27.3 Å². The van der Waals surface area contributed by atoms with Crippen molar-refractivity contribution >= 4 is 17.3 Å². The topological polar surface area (TPSA) is 56.5 Å². The quantitative estimate of drug-likeness (QED) is 0.809. The number of hydrogen-bond acceptors (Lipinski definition) is 4. The zero-order chi connectivity index (χ0) is 14.4. The molecule has 0 heterocycles. The SMILES string of the molecule is COc1cc(OC)c(NCC(CN)C(C)C)cc1Cl. The van der Waals surface area contributed by atoms with Gasteiger partial charge >= 0.3 is 0 Å². The first kappa shape index (κ1) is 15.9. The molecule has 0 radical (unpaired) electrons. The lowest BCUT2D eigenvalue weighted by atomic mass is 9.96. The fourth-order valence-electron chi connectivity index (χ4n) is 1.83. The van der Waals surface area contributed by atoms with Gasteiger partial charge in [-0.25, -0.2) is 0 Å². The molecule has 19 heavy (non-hydrogen) atoms. The van der Waals surface area contributed by atoms with Crippen LogP contribution in [0.3, 0.4) is 0 Å². The Bertz CT molecular complexity index is 411. The highest BCUT2D eigenvalue weighted by Gasteiger charge is 2.14. The van der Waals surface area contributed by atoms with E-state index in [1.807, 2.05) is 6.07 Å². The highest BCUT2D eigenvalue weighted by atomic mass is 35.5. The van der Waals surface area contributed by atoms with Crippen LogP contribution in [0.4, 0.5) is 5.69 Å². The Balaban J connectivity index is 2.85. The van der Waals surface area contributed by atoms with Gasteiger partial charge in [-0.1, -0.05) is 25.4 Å². The molecule has 0 saturated heterocycles. The monoisotopic (exact) mass is 286 g/mol. The van der Waals surface area contributed by atoms with Crippen LogP contribution >= 0.6 is 11.6 Å². The van der Waals surface area contributed by atoms with Crippen molar-refractivity contribution in [2.75, 3.05) is 32.6 Å². The summed E-state index contributed by atoms with van der Waals surface area (Å²) in [6.07, 6.45) is 0. The maximum atomic E-state index is 6.12. The van der Waals surface area contributed by atoms with Gasteiger partial charge in [-0.15, -0.1) is 0 Å². The van der Waals surface area contributed by atoms with Gasteiger partial charge < -0.3 is 20.5 Å². The lowest BCUT2D eigenvalue weighted by molar-refractivity contribution is 0.393. The summed E-state index contributed by atoms with van der Waals surface area (Å²) in [6, 6.07) is 3.59. The predicted molar refractivity (Wildman–Crippen MR) is 80.4 cm³/mol. The molecule has 0 fully saturated rings. The highest BCUT2D eigenvalue weighted by Crippen LogP contribution is 2.36. The average molecular weight is 287 g/mol. The average Bonchev–Trinajstić information content (AvgIpc) is 2.39. The van der Waals surface area contributed by atoms with Gasteiger partial charge in [0.1, 0.15) is 11.5 Å². The first-order valence-electron chi connectivity index (χ1n) is 6.38. The zero-order valence-corrected chi connectivity index (χ0v) is 12.8. The van der Waals surface area contributed by atoms with Crippen LogP contribution in [0.5, 0.6) is 11.5 Å². The Morgan fingerprint density at radius 1 is 1.21 bits per heavy atom. The van der Waals surface area contributed by atoms with E-state index in [1.54, 1.807) is 20.3 Å². The van der Waals surface area contributed by atoms with Gasteiger partial charge in [0.25, 0.3) is 0 Å². The van der Waals surface area contributed by atoms with Gasteiger partial charge in [0.05, 0.1) is 24.9 Å². The number of anilines is 1. The van der Waals surface area contributed by atoms with Crippen LogP contribution in [0.2, 0.25) is 5.02 Å².